The first-order chi connectivity index (χ1) is 13.2. The quantitative estimate of drug-likeness (QED) is 0.785. The van der Waals surface area contributed by atoms with Crippen molar-refractivity contribution in [2.75, 3.05) is 13.1 Å². The number of nitrogens with one attached hydrogen (secondary N) is 1. The van der Waals surface area contributed by atoms with Crippen LogP contribution in [0, 0.1) is 5.41 Å². The molecular weight excluding hydrogens is 365 g/mol. The Bertz CT molecular complexity index is 747. The lowest BCUT2D eigenvalue weighted by atomic mass is 9.72. The lowest BCUT2D eigenvalue weighted by molar-refractivity contribution is -0.176. The second-order valence-corrected chi connectivity index (χ2v) is 7.71. The molecule has 1 fully saturated rings. The van der Waals surface area contributed by atoms with Gasteiger partial charge in [-0.15, -0.1) is 0 Å². The summed E-state index contributed by atoms with van der Waals surface area (Å²) in [5.41, 5.74) is 1.88. The number of nitrogens with zero attached hydrogens (tertiary/aromatic N) is 1. The van der Waals surface area contributed by atoms with Crippen molar-refractivity contribution >= 4 is 5.91 Å². The fourth-order valence-corrected chi connectivity index (χ4v) is 4.18. The van der Waals surface area contributed by atoms with Gasteiger partial charge in [0.05, 0.1) is 6.04 Å². The van der Waals surface area contributed by atoms with Crippen molar-refractivity contribution in [2.24, 2.45) is 5.41 Å². The minimum absolute atomic E-state index is 0.0336. The molecule has 3 nitrogen and oxygen atoms in total. The first-order valence-electron chi connectivity index (χ1n) is 9.46. The zero-order chi connectivity index (χ0) is 20.4. The molecule has 150 valence electrons. The molecule has 1 aliphatic heterocycles. The van der Waals surface area contributed by atoms with E-state index in [2.05, 4.69) is 34.5 Å². The smallest absolute Gasteiger partial charge is 0.345 e. The molecule has 28 heavy (non-hydrogen) atoms. The summed E-state index contributed by atoms with van der Waals surface area (Å²) < 4.78 is 38.0. The van der Waals surface area contributed by atoms with E-state index in [4.69, 9.17) is 0 Å². The maximum absolute atomic E-state index is 12.7. The van der Waals surface area contributed by atoms with Crippen LogP contribution in [0.5, 0.6) is 0 Å². The molecule has 0 radical (unpaired) electrons. The summed E-state index contributed by atoms with van der Waals surface area (Å²) in [4.78, 5) is 13.7. The predicted molar refractivity (Wildman–Crippen MR) is 103 cm³/mol. The third kappa shape index (κ3) is 4.22. The molecule has 2 aromatic carbocycles. The van der Waals surface area contributed by atoms with E-state index in [0.717, 1.165) is 11.1 Å². The highest BCUT2D eigenvalue weighted by atomic mass is 19.4. The second-order valence-electron chi connectivity index (χ2n) is 7.71. The first-order valence-corrected chi connectivity index (χ1v) is 9.46. The Morgan fingerprint density at radius 3 is 1.89 bits per heavy atom. The number of hydrogen-bond acceptors (Lipinski definition) is 2. The second kappa shape index (κ2) is 7.95. The Balaban J connectivity index is 1.78. The van der Waals surface area contributed by atoms with Gasteiger partial charge in [-0.1, -0.05) is 74.5 Å². The lowest BCUT2D eigenvalue weighted by Gasteiger charge is -2.55. The molecule has 1 heterocycles. The van der Waals surface area contributed by atoms with E-state index in [1.54, 1.807) is 6.92 Å². The molecular formula is C22H25F3N2O. The molecule has 0 spiro atoms. The zero-order valence-corrected chi connectivity index (χ0v) is 16.0. The molecule has 6 heteroatoms. The van der Waals surface area contributed by atoms with Gasteiger partial charge in [-0.05, 0) is 17.5 Å². The van der Waals surface area contributed by atoms with Crippen LogP contribution in [-0.4, -0.2) is 36.1 Å². The lowest BCUT2D eigenvalue weighted by Crippen LogP contribution is -2.65. The molecule has 1 N–H and O–H groups in total. The van der Waals surface area contributed by atoms with E-state index >= 15 is 0 Å². The highest BCUT2D eigenvalue weighted by Gasteiger charge is 2.49. The van der Waals surface area contributed by atoms with E-state index < -0.39 is 23.5 Å². The van der Waals surface area contributed by atoms with Gasteiger partial charge in [0.1, 0.15) is 0 Å². The average Bonchev–Trinajstić information content (AvgIpc) is 2.65. The van der Waals surface area contributed by atoms with Gasteiger partial charge in [0, 0.05) is 24.5 Å². The van der Waals surface area contributed by atoms with Crippen molar-refractivity contribution in [1.29, 1.82) is 0 Å². The summed E-state index contributed by atoms with van der Waals surface area (Å²) in [6.45, 7) is 4.97. The number of likely N-dealkylation sites (tertiary alicyclic amines) is 1. The summed E-state index contributed by atoms with van der Waals surface area (Å²) >= 11 is 0. The van der Waals surface area contributed by atoms with Crippen LogP contribution >= 0.6 is 0 Å². The summed E-state index contributed by atoms with van der Waals surface area (Å²) in [5, 5.41) is 2.20. The van der Waals surface area contributed by atoms with Gasteiger partial charge in [0.15, 0.2) is 0 Å². The molecule has 0 aromatic heterocycles. The van der Waals surface area contributed by atoms with Crippen molar-refractivity contribution in [3.63, 3.8) is 0 Å². The number of halogens is 3. The van der Waals surface area contributed by atoms with Crippen LogP contribution in [0.3, 0.4) is 0 Å². The van der Waals surface area contributed by atoms with Crippen molar-refractivity contribution in [3.05, 3.63) is 71.8 Å². The van der Waals surface area contributed by atoms with E-state index in [1.165, 1.54) is 0 Å². The SMILES string of the molecule is CCC(NC(=O)C(F)(F)F)C1(C)CN(C(c2ccccc2)c2ccccc2)C1. The van der Waals surface area contributed by atoms with Crippen LogP contribution in [0.2, 0.25) is 0 Å². The van der Waals surface area contributed by atoms with E-state index in [-0.39, 0.29) is 6.04 Å². The minimum atomic E-state index is -4.86. The summed E-state index contributed by atoms with van der Waals surface area (Å²) in [7, 11) is 0. The van der Waals surface area contributed by atoms with Crippen LogP contribution in [0.1, 0.15) is 37.4 Å². The summed E-state index contributed by atoms with van der Waals surface area (Å²) in [6.07, 6.45) is -4.41. The number of rotatable bonds is 6. The Morgan fingerprint density at radius 1 is 1.04 bits per heavy atom. The number of carbonyl (C=O) groups is 1. The van der Waals surface area contributed by atoms with E-state index in [1.807, 2.05) is 43.3 Å². The topological polar surface area (TPSA) is 32.3 Å². The summed E-state index contributed by atoms with van der Waals surface area (Å²) in [6, 6.07) is 19.7. The average molecular weight is 390 g/mol. The molecule has 0 bridgehead atoms. The van der Waals surface area contributed by atoms with Gasteiger partial charge >= 0.3 is 12.1 Å². The van der Waals surface area contributed by atoms with Crippen molar-refractivity contribution in [1.82, 2.24) is 10.2 Å². The van der Waals surface area contributed by atoms with E-state index in [9.17, 15) is 18.0 Å². The van der Waals surface area contributed by atoms with Gasteiger partial charge in [-0.2, -0.15) is 13.2 Å². The minimum Gasteiger partial charge on any atom is -0.345 e. The standard InChI is InChI=1S/C22H25F3N2O/c1-3-18(26-20(28)22(23,24)25)21(2)14-27(15-21)19(16-10-6-4-7-11-16)17-12-8-5-9-13-17/h4-13,18-19H,3,14-15H2,1-2H3,(H,26,28). The Hall–Kier alpha value is -2.34. The number of alkyl halides is 3. The monoisotopic (exact) mass is 390 g/mol. The maximum atomic E-state index is 12.7. The number of amides is 1. The molecule has 1 aliphatic rings. The normalized spacial score (nSPS) is 17.8. The zero-order valence-electron chi connectivity index (χ0n) is 16.0. The summed E-state index contributed by atoms with van der Waals surface area (Å²) in [5.74, 6) is -1.86. The van der Waals surface area contributed by atoms with Crippen molar-refractivity contribution < 1.29 is 18.0 Å². The van der Waals surface area contributed by atoms with E-state index in [0.29, 0.717) is 19.5 Å². The fourth-order valence-electron chi connectivity index (χ4n) is 4.18. The van der Waals surface area contributed by atoms with Crippen molar-refractivity contribution in [2.45, 2.75) is 38.5 Å². The Labute approximate surface area is 163 Å². The Kier molecular flexibility index (Phi) is 5.79. The maximum Gasteiger partial charge on any atom is 0.471 e. The van der Waals surface area contributed by atoms with Gasteiger partial charge in [0.2, 0.25) is 0 Å². The van der Waals surface area contributed by atoms with Gasteiger partial charge in [0.25, 0.3) is 0 Å². The largest absolute Gasteiger partial charge is 0.471 e. The number of carbonyl (C=O) groups excluding carboxylic acids is 1. The fraction of sp³-hybridized carbons (Fsp3) is 0.409. The van der Waals surface area contributed by atoms with Gasteiger partial charge in [-0.25, -0.2) is 0 Å². The van der Waals surface area contributed by atoms with Crippen LogP contribution in [-0.2, 0) is 4.79 Å². The van der Waals surface area contributed by atoms with Crippen molar-refractivity contribution in [3.8, 4) is 0 Å². The van der Waals surface area contributed by atoms with Gasteiger partial charge in [-0.3, -0.25) is 9.69 Å². The molecule has 1 unspecified atom stereocenters. The van der Waals surface area contributed by atoms with Crippen LogP contribution in [0.15, 0.2) is 60.7 Å². The first kappa shape index (κ1) is 20.4. The third-order valence-corrected chi connectivity index (χ3v) is 5.54. The predicted octanol–water partition coefficient (Wildman–Crippen LogP) is 4.56. The molecule has 1 amide bonds. The molecule has 3 rings (SSSR count). The Morgan fingerprint density at radius 2 is 1.50 bits per heavy atom. The highest BCUT2D eigenvalue weighted by Crippen LogP contribution is 2.42. The number of hydrogen-bond donors (Lipinski definition) is 1. The molecule has 2 aromatic rings. The highest BCUT2D eigenvalue weighted by molar-refractivity contribution is 5.82. The van der Waals surface area contributed by atoms with Crippen LogP contribution in [0.4, 0.5) is 13.2 Å². The van der Waals surface area contributed by atoms with Crippen LogP contribution in [0.25, 0.3) is 0 Å². The molecule has 0 aliphatic carbocycles. The molecule has 0 saturated carbocycles. The molecule has 1 atom stereocenters. The molecule has 1 saturated heterocycles. The third-order valence-electron chi connectivity index (χ3n) is 5.54. The van der Waals surface area contributed by atoms with Gasteiger partial charge < -0.3 is 5.32 Å². The number of benzene rings is 2. The van der Waals surface area contributed by atoms with Crippen LogP contribution < -0.4 is 5.32 Å².